The maximum atomic E-state index is 13.9. The van der Waals surface area contributed by atoms with Gasteiger partial charge in [-0.1, -0.05) is 21.6 Å². The van der Waals surface area contributed by atoms with Gasteiger partial charge in [0.25, 0.3) is 10.0 Å². The number of pyridine rings is 1. The molecule has 3 heterocycles. The van der Waals surface area contributed by atoms with Gasteiger partial charge in [-0.05, 0) is 55.0 Å². The molecule has 0 N–H and O–H groups in total. The molecule has 8 nitrogen and oxygen atoms in total. The lowest BCUT2D eigenvalue weighted by Crippen LogP contribution is -2.45. The van der Waals surface area contributed by atoms with Crippen molar-refractivity contribution in [1.29, 1.82) is 0 Å². The fourth-order valence-electron chi connectivity index (χ4n) is 4.96. The lowest BCUT2D eigenvalue weighted by Gasteiger charge is -2.36. The van der Waals surface area contributed by atoms with E-state index in [9.17, 15) is 43.8 Å². The topological polar surface area (TPSA) is 96.9 Å². The number of ether oxygens (including phenoxy) is 1. The van der Waals surface area contributed by atoms with Crippen molar-refractivity contribution >= 4 is 41.3 Å². The first kappa shape index (κ1) is 32.9. The van der Waals surface area contributed by atoms with Gasteiger partial charge < -0.3 is 9.64 Å². The number of fused-ring (bicyclic) bond motifs is 1. The summed E-state index contributed by atoms with van der Waals surface area (Å²) in [6, 6.07) is 10.4. The highest BCUT2D eigenvalue weighted by Crippen LogP contribution is 2.41. The van der Waals surface area contributed by atoms with E-state index in [-0.39, 0.29) is 57.4 Å². The summed E-state index contributed by atoms with van der Waals surface area (Å²) >= 11 is 0. The number of rotatable bonds is 6. The summed E-state index contributed by atoms with van der Waals surface area (Å²) in [5.74, 6) is 0.972. The van der Waals surface area contributed by atoms with Crippen LogP contribution in [0.1, 0.15) is 24.1 Å². The molecule has 0 unspecified atom stereocenters. The number of halogens is 6. The molecule has 2 aliphatic rings. The van der Waals surface area contributed by atoms with Crippen molar-refractivity contribution in [1.82, 2.24) is 9.88 Å². The van der Waals surface area contributed by atoms with Gasteiger partial charge in [-0.15, -0.1) is 0 Å². The molecule has 3 aromatic rings. The molecule has 0 bridgehead atoms. The van der Waals surface area contributed by atoms with E-state index >= 15 is 0 Å². The van der Waals surface area contributed by atoms with Crippen LogP contribution in [0, 0.1) is 0 Å². The lowest BCUT2D eigenvalue weighted by atomic mass is 10.1. The van der Waals surface area contributed by atoms with Gasteiger partial charge in [0, 0.05) is 36.6 Å². The summed E-state index contributed by atoms with van der Waals surface area (Å²) < 4.78 is 126. The SMILES string of the molecule is O=S=S1CCN(C(=O)CC[C@H]2CN(S(=O)(=O)c3cccc(C(F)(F)F)c3)c3cc(-c4cccc(C(F)(F)F)n4)ccc3O2)CC1. The van der Waals surface area contributed by atoms with Crippen LogP contribution in [-0.2, 0) is 46.9 Å². The highest BCUT2D eigenvalue weighted by Gasteiger charge is 2.38. The van der Waals surface area contributed by atoms with Crippen LogP contribution in [0.4, 0.5) is 32.0 Å². The van der Waals surface area contributed by atoms with E-state index in [2.05, 4.69) is 4.98 Å². The van der Waals surface area contributed by atoms with Gasteiger partial charge in [-0.25, -0.2) is 17.6 Å². The molecular weight excluding hydrogens is 669 g/mol. The molecule has 1 amide bonds. The third-order valence-corrected chi connectivity index (χ3v) is 12.1. The number of hydrogen-bond acceptors (Lipinski definition) is 6. The first-order valence-electron chi connectivity index (χ1n) is 13.5. The Labute approximate surface area is 259 Å². The Morgan fingerprint density at radius 2 is 1.69 bits per heavy atom. The van der Waals surface area contributed by atoms with Crippen molar-refractivity contribution < 1.29 is 48.5 Å². The number of hydrogen-bond donors (Lipinski definition) is 0. The molecular formula is C28H25F6N3O5S3. The van der Waals surface area contributed by atoms with Crippen LogP contribution in [0.3, 0.4) is 0 Å². The van der Waals surface area contributed by atoms with Crippen molar-refractivity contribution in [2.24, 2.45) is 0 Å². The average Bonchev–Trinajstić information content (AvgIpc) is 3.02. The van der Waals surface area contributed by atoms with E-state index in [1.54, 1.807) is 4.90 Å². The van der Waals surface area contributed by atoms with Gasteiger partial charge in [0.05, 0.1) is 28.4 Å². The van der Waals surface area contributed by atoms with Gasteiger partial charge in [-0.2, -0.15) is 26.3 Å². The molecule has 1 atom stereocenters. The predicted molar refractivity (Wildman–Crippen MR) is 156 cm³/mol. The smallest absolute Gasteiger partial charge is 0.433 e. The quantitative estimate of drug-likeness (QED) is 0.333. The van der Waals surface area contributed by atoms with Crippen LogP contribution in [-0.4, -0.2) is 65.7 Å². The Hall–Kier alpha value is -3.44. The Kier molecular flexibility index (Phi) is 9.33. The largest absolute Gasteiger partial charge is 0.486 e. The van der Waals surface area contributed by atoms with Crippen molar-refractivity contribution in [3.05, 3.63) is 71.9 Å². The highest BCUT2D eigenvalue weighted by molar-refractivity contribution is 8.31. The van der Waals surface area contributed by atoms with Gasteiger partial charge >= 0.3 is 12.4 Å². The van der Waals surface area contributed by atoms with Crippen molar-refractivity contribution in [2.75, 3.05) is 35.4 Å². The summed E-state index contributed by atoms with van der Waals surface area (Å²) in [7, 11) is -4.47. The minimum Gasteiger partial charge on any atom is -0.486 e. The van der Waals surface area contributed by atoms with Crippen molar-refractivity contribution in [3.63, 3.8) is 0 Å². The summed E-state index contributed by atoms with van der Waals surface area (Å²) in [5.41, 5.74) is -2.45. The molecule has 0 spiro atoms. The number of nitrogens with zero attached hydrogens (tertiary/aromatic N) is 3. The van der Waals surface area contributed by atoms with Crippen LogP contribution in [0.2, 0.25) is 0 Å². The third-order valence-electron chi connectivity index (χ3n) is 7.28. The molecule has 0 radical (unpaired) electrons. The molecule has 1 aromatic heterocycles. The third kappa shape index (κ3) is 7.35. The lowest BCUT2D eigenvalue weighted by molar-refractivity contribution is -0.141. The summed E-state index contributed by atoms with van der Waals surface area (Å²) in [4.78, 5) is 17.5. The molecule has 242 valence electrons. The molecule has 5 rings (SSSR count). The molecule has 2 aromatic carbocycles. The first-order valence-corrected chi connectivity index (χ1v) is 17.7. The van der Waals surface area contributed by atoms with Gasteiger partial charge in [0.2, 0.25) is 5.91 Å². The van der Waals surface area contributed by atoms with Gasteiger partial charge in [0.15, 0.2) is 0 Å². The molecule has 45 heavy (non-hydrogen) atoms. The number of alkyl halides is 6. The van der Waals surface area contributed by atoms with Crippen molar-refractivity contribution in [2.45, 2.75) is 36.2 Å². The number of carbonyl (C=O) groups excluding carboxylic acids is 1. The van der Waals surface area contributed by atoms with Gasteiger partial charge in [0.1, 0.15) is 27.8 Å². The first-order chi connectivity index (χ1) is 21.2. The van der Waals surface area contributed by atoms with Crippen LogP contribution >= 0.6 is 0 Å². The second-order valence-corrected chi connectivity index (χ2v) is 15.7. The number of sulfonamides is 1. The second-order valence-electron chi connectivity index (χ2n) is 10.2. The molecule has 0 aliphatic carbocycles. The van der Waals surface area contributed by atoms with Crippen molar-refractivity contribution in [3.8, 4) is 17.0 Å². The Bertz CT molecular complexity index is 1770. The summed E-state index contributed by atoms with van der Waals surface area (Å²) in [5, 5.41) is 0. The molecule has 17 heteroatoms. The zero-order valence-corrected chi connectivity index (χ0v) is 25.6. The fraction of sp³-hybridized carbons (Fsp3) is 0.357. The standard InChI is InChI=1S/C28H25F6N3O5S3/c29-27(30,31)19-3-1-4-21(16-19)45(40,41)37-17-20(8-10-26(38)36-11-13-44(43-39)14-12-36)42-24-9-7-18(15-23(24)37)22-5-2-6-25(35-22)28(32,33)34/h1-7,9,15-16,20H,8,10-14,17H2/t20-/m0/s1. The van der Waals surface area contributed by atoms with Crippen LogP contribution in [0.25, 0.3) is 11.3 Å². The maximum absolute atomic E-state index is 13.9. The molecule has 0 saturated carbocycles. The number of carbonyl (C=O) groups is 1. The summed E-state index contributed by atoms with van der Waals surface area (Å²) in [6.07, 6.45) is -10.4. The van der Waals surface area contributed by atoms with E-state index < -0.39 is 44.6 Å². The van der Waals surface area contributed by atoms with E-state index in [1.165, 1.54) is 24.3 Å². The fourth-order valence-corrected chi connectivity index (χ4v) is 8.55. The van der Waals surface area contributed by atoms with E-state index in [0.717, 1.165) is 34.6 Å². The zero-order chi connectivity index (χ0) is 32.6. The number of benzene rings is 2. The predicted octanol–water partition coefficient (Wildman–Crippen LogP) is 5.11. The number of amides is 1. The Balaban J connectivity index is 1.48. The molecule has 1 fully saturated rings. The molecule has 2 aliphatic heterocycles. The zero-order valence-electron chi connectivity index (χ0n) is 23.2. The highest BCUT2D eigenvalue weighted by atomic mass is 32.8. The van der Waals surface area contributed by atoms with E-state index in [4.69, 9.17) is 4.74 Å². The van der Waals surface area contributed by atoms with Gasteiger partial charge in [-0.3, -0.25) is 9.10 Å². The average molecular weight is 694 g/mol. The minimum absolute atomic E-state index is 0.0119. The summed E-state index contributed by atoms with van der Waals surface area (Å²) in [6.45, 7) is 0.469. The number of anilines is 1. The number of aromatic nitrogens is 1. The van der Waals surface area contributed by atoms with E-state index in [0.29, 0.717) is 40.9 Å². The van der Waals surface area contributed by atoms with E-state index in [1.807, 2.05) is 0 Å². The van der Waals surface area contributed by atoms with Crippen LogP contribution in [0.5, 0.6) is 5.75 Å². The Morgan fingerprint density at radius 3 is 2.36 bits per heavy atom. The van der Waals surface area contributed by atoms with Crippen LogP contribution < -0.4 is 9.04 Å². The monoisotopic (exact) mass is 693 g/mol. The maximum Gasteiger partial charge on any atom is 0.433 e. The van der Waals surface area contributed by atoms with Crippen LogP contribution in [0.15, 0.2) is 65.6 Å². The minimum atomic E-state index is -4.82. The Morgan fingerprint density at radius 1 is 0.978 bits per heavy atom. The normalized spacial score (nSPS) is 17.9. The molecule has 1 saturated heterocycles. The second kappa shape index (κ2) is 12.7.